The van der Waals surface area contributed by atoms with Gasteiger partial charge in [-0.25, -0.2) is 4.98 Å². The van der Waals surface area contributed by atoms with Gasteiger partial charge in [0.2, 0.25) is 5.91 Å². The van der Waals surface area contributed by atoms with E-state index >= 15 is 0 Å². The number of imidazole rings is 1. The Morgan fingerprint density at radius 1 is 1.32 bits per heavy atom. The molecule has 5 heteroatoms. The normalized spacial score (nSPS) is 34.2. The predicted octanol–water partition coefficient (Wildman–Crippen LogP) is 4.11. The van der Waals surface area contributed by atoms with Crippen LogP contribution in [0.3, 0.4) is 0 Å². The summed E-state index contributed by atoms with van der Waals surface area (Å²) in [5.41, 5.74) is 0.385. The van der Waals surface area contributed by atoms with E-state index in [-0.39, 0.29) is 5.91 Å². The van der Waals surface area contributed by atoms with Crippen molar-refractivity contribution in [1.82, 2.24) is 14.9 Å². The van der Waals surface area contributed by atoms with E-state index in [0.717, 1.165) is 35.9 Å². The first-order chi connectivity index (χ1) is 12.1. The van der Waals surface area contributed by atoms with Gasteiger partial charge in [-0.3, -0.25) is 4.79 Å². The molecule has 0 spiro atoms. The molecule has 4 saturated carbocycles. The molecule has 4 aliphatic rings. The molecule has 1 atom stereocenters. The van der Waals surface area contributed by atoms with E-state index in [1.165, 1.54) is 38.5 Å². The van der Waals surface area contributed by atoms with Crippen molar-refractivity contribution in [2.24, 2.45) is 23.2 Å². The number of amides is 1. The maximum Gasteiger partial charge on any atom is 0.230 e. The first kappa shape index (κ1) is 17.4. The summed E-state index contributed by atoms with van der Waals surface area (Å²) in [6, 6.07) is 0.310. The van der Waals surface area contributed by atoms with Gasteiger partial charge in [0.05, 0.1) is 5.75 Å². The van der Waals surface area contributed by atoms with Crippen LogP contribution in [-0.4, -0.2) is 27.3 Å². The minimum absolute atomic E-state index is 0.166. The van der Waals surface area contributed by atoms with Crippen molar-refractivity contribution in [2.75, 3.05) is 5.75 Å². The zero-order chi connectivity index (χ0) is 17.4. The fourth-order valence-electron chi connectivity index (χ4n) is 6.12. The molecule has 1 amide bonds. The number of hydrogen-bond donors (Lipinski definition) is 1. The Morgan fingerprint density at radius 3 is 2.56 bits per heavy atom. The van der Waals surface area contributed by atoms with Crippen LogP contribution in [0.5, 0.6) is 0 Å². The standard InChI is InChI=1S/C20H31N3OS/c1-3-5-23-6-4-21-19(23)25-13-18(24)22-14(2)20-10-15-7-16(11-20)9-17(8-15)12-20/h4,6,14-17H,3,5,7-13H2,1-2H3,(H,22,24). The van der Waals surface area contributed by atoms with E-state index in [1.807, 2.05) is 12.4 Å². The van der Waals surface area contributed by atoms with Crippen molar-refractivity contribution in [1.29, 1.82) is 0 Å². The molecular formula is C20H31N3OS. The Kier molecular flexibility index (Phi) is 4.87. The average Bonchev–Trinajstić information content (AvgIpc) is 2.99. The highest BCUT2D eigenvalue weighted by Crippen LogP contribution is 2.61. The fourth-order valence-corrected chi connectivity index (χ4v) is 6.92. The van der Waals surface area contributed by atoms with Gasteiger partial charge < -0.3 is 9.88 Å². The first-order valence-electron chi connectivity index (χ1n) is 10.0. The lowest BCUT2D eigenvalue weighted by molar-refractivity contribution is -0.123. The molecule has 1 unspecified atom stereocenters. The van der Waals surface area contributed by atoms with E-state index in [4.69, 9.17) is 0 Å². The molecule has 4 fully saturated rings. The molecule has 4 aliphatic carbocycles. The topological polar surface area (TPSA) is 46.9 Å². The third-order valence-corrected chi connectivity index (χ3v) is 7.86. The van der Waals surface area contributed by atoms with Gasteiger partial charge in [0, 0.05) is 25.0 Å². The van der Waals surface area contributed by atoms with E-state index < -0.39 is 0 Å². The van der Waals surface area contributed by atoms with Gasteiger partial charge in [-0.15, -0.1) is 0 Å². The van der Waals surface area contributed by atoms with E-state index in [0.29, 0.717) is 17.2 Å². The first-order valence-corrected chi connectivity index (χ1v) is 11.0. The number of carbonyl (C=O) groups is 1. The highest BCUT2D eigenvalue weighted by Gasteiger charge is 2.53. The van der Waals surface area contributed by atoms with E-state index in [9.17, 15) is 4.79 Å². The summed E-state index contributed by atoms with van der Waals surface area (Å²) >= 11 is 1.56. The summed E-state index contributed by atoms with van der Waals surface area (Å²) in [6.45, 7) is 5.38. The molecule has 1 aromatic rings. The number of aryl methyl sites for hydroxylation is 1. The van der Waals surface area contributed by atoms with Crippen molar-refractivity contribution < 1.29 is 4.79 Å². The monoisotopic (exact) mass is 361 g/mol. The van der Waals surface area contributed by atoms with Crippen LogP contribution in [0.25, 0.3) is 0 Å². The molecule has 0 aliphatic heterocycles. The van der Waals surface area contributed by atoms with Gasteiger partial charge in [0.15, 0.2) is 5.16 Å². The zero-order valence-corrected chi connectivity index (χ0v) is 16.4. The Balaban J connectivity index is 1.32. The molecule has 1 N–H and O–H groups in total. The van der Waals surface area contributed by atoms with Gasteiger partial charge in [-0.1, -0.05) is 18.7 Å². The lowest BCUT2D eigenvalue weighted by Crippen LogP contribution is -2.56. The Morgan fingerprint density at radius 2 is 1.96 bits per heavy atom. The molecule has 0 radical (unpaired) electrons. The van der Waals surface area contributed by atoms with Crippen molar-refractivity contribution >= 4 is 17.7 Å². The van der Waals surface area contributed by atoms with E-state index in [2.05, 4.69) is 28.7 Å². The van der Waals surface area contributed by atoms with Crippen LogP contribution in [0.4, 0.5) is 0 Å². The summed E-state index contributed by atoms with van der Waals surface area (Å²) in [4.78, 5) is 16.9. The summed E-state index contributed by atoms with van der Waals surface area (Å²) in [6.07, 6.45) is 13.3. The largest absolute Gasteiger partial charge is 0.352 e. The van der Waals surface area contributed by atoms with Crippen LogP contribution in [0, 0.1) is 23.2 Å². The number of hydrogen-bond acceptors (Lipinski definition) is 3. The van der Waals surface area contributed by atoms with Crippen LogP contribution in [0.15, 0.2) is 17.6 Å². The van der Waals surface area contributed by atoms with Crippen LogP contribution >= 0.6 is 11.8 Å². The smallest absolute Gasteiger partial charge is 0.230 e. The molecule has 4 nitrogen and oxygen atoms in total. The molecule has 5 rings (SSSR count). The maximum absolute atomic E-state index is 12.5. The summed E-state index contributed by atoms with van der Waals surface area (Å²) in [5.74, 6) is 3.43. The molecule has 0 saturated heterocycles. The van der Waals surface area contributed by atoms with E-state index in [1.54, 1.807) is 11.8 Å². The molecule has 0 aromatic carbocycles. The highest BCUT2D eigenvalue weighted by atomic mass is 32.2. The van der Waals surface area contributed by atoms with Gasteiger partial charge >= 0.3 is 0 Å². The second kappa shape index (κ2) is 6.98. The van der Waals surface area contributed by atoms with Crippen molar-refractivity contribution in [2.45, 2.75) is 76.5 Å². The molecular weight excluding hydrogens is 330 g/mol. The SMILES string of the molecule is CCCn1ccnc1SCC(=O)NC(C)C12CC3CC(CC(C3)C1)C2. The number of aromatic nitrogens is 2. The summed E-state index contributed by atoms with van der Waals surface area (Å²) in [5, 5.41) is 4.31. The third-order valence-electron chi connectivity index (χ3n) is 6.86. The second-order valence-electron chi connectivity index (χ2n) is 8.76. The Hall–Kier alpha value is -0.970. The molecule has 25 heavy (non-hydrogen) atoms. The quantitative estimate of drug-likeness (QED) is 0.744. The molecule has 1 aromatic heterocycles. The van der Waals surface area contributed by atoms with Crippen LogP contribution in [0.1, 0.15) is 58.8 Å². The minimum Gasteiger partial charge on any atom is -0.352 e. The molecule has 1 heterocycles. The third kappa shape index (κ3) is 3.49. The van der Waals surface area contributed by atoms with Crippen LogP contribution in [-0.2, 0) is 11.3 Å². The number of rotatable bonds is 7. The predicted molar refractivity (Wildman–Crippen MR) is 101 cm³/mol. The number of thioether (sulfide) groups is 1. The highest BCUT2D eigenvalue weighted by molar-refractivity contribution is 7.99. The van der Waals surface area contributed by atoms with Gasteiger partial charge in [0.1, 0.15) is 0 Å². The second-order valence-corrected chi connectivity index (χ2v) is 9.70. The maximum atomic E-state index is 12.5. The summed E-state index contributed by atoms with van der Waals surface area (Å²) in [7, 11) is 0. The average molecular weight is 362 g/mol. The van der Waals surface area contributed by atoms with Gasteiger partial charge in [-0.2, -0.15) is 0 Å². The van der Waals surface area contributed by atoms with Gasteiger partial charge in [-0.05, 0) is 75.0 Å². The minimum atomic E-state index is 0.166. The van der Waals surface area contributed by atoms with Crippen molar-refractivity contribution in [3.63, 3.8) is 0 Å². The fraction of sp³-hybridized carbons (Fsp3) is 0.800. The molecule has 4 bridgehead atoms. The number of nitrogens with one attached hydrogen (secondary N) is 1. The zero-order valence-electron chi connectivity index (χ0n) is 15.5. The number of nitrogens with zero attached hydrogens (tertiary/aromatic N) is 2. The van der Waals surface area contributed by atoms with Gasteiger partial charge in [0.25, 0.3) is 0 Å². The lowest BCUT2D eigenvalue weighted by atomic mass is 9.48. The molecule has 138 valence electrons. The summed E-state index contributed by atoms with van der Waals surface area (Å²) < 4.78 is 2.14. The van der Waals surface area contributed by atoms with Crippen LogP contribution in [0.2, 0.25) is 0 Å². The van der Waals surface area contributed by atoms with Crippen molar-refractivity contribution in [3.8, 4) is 0 Å². The Labute approximate surface area is 155 Å². The Bertz CT molecular complexity index is 591. The van der Waals surface area contributed by atoms with Crippen LogP contribution < -0.4 is 5.32 Å². The number of carbonyl (C=O) groups excluding carboxylic acids is 1. The van der Waals surface area contributed by atoms with Crippen molar-refractivity contribution in [3.05, 3.63) is 12.4 Å². The lowest BCUT2D eigenvalue weighted by Gasteiger charge is -2.59.